The average molecular weight is 549 g/mol. The van der Waals surface area contributed by atoms with E-state index in [1.165, 1.54) is 25.4 Å². The van der Waals surface area contributed by atoms with Crippen molar-refractivity contribution >= 4 is 11.6 Å². The van der Waals surface area contributed by atoms with E-state index in [0.29, 0.717) is 30.6 Å². The number of nitrogens with zero attached hydrogens (tertiary/aromatic N) is 3. The molecule has 4 rings (SSSR count). The number of alkyl halides is 3. The van der Waals surface area contributed by atoms with Gasteiger partial charge in [-0.1, -0.05) is 30.2 Å². The maximum absolute atomic E-state index is 13.1. The third-order valence-electron chi connectivity index (χ3n) is 5.79. The largest absolute Gasteiger partial charge is 0.467 e. The van der Waals surface area contributed by atoms with Gasteiger partial charge in [-0.05, 0) is 36.3 Å². The van der Waals surface area contributed by atoms with Gasteiger partial charge in [-0.3, -0.25) is 9.78 Å². The number of allylic oxidation sites excluding steroid dienone is 3. The van der Waals surface area contributed by atoms with E-state index in [1.807, 2.05) is 13.0 Å². The Morgan fingerprint density at radius 2 is 1.89 bits per heavy atom. The lowest BCUT2D eigenvalue weighted by atomic mass is 9.92. The molecule has 1 aromatic carbocycles. The molecule has 200 valence electrons. The van der Waals surface area contributed by atoms with E-state index >= 15 is 0 Å². The van der Waals surface area contributed by atoms with Crippen LogP contribution in [0.25, 0.3) is 0 Å². The normalized spacial score (nSPS) is 15.5. The van der Waals surface area contributed by atoms with Crippen LogP contribution >= 0.6 is 11.6 Å². The molecule has 0 bridgehead atoms. The number of nitrogens with one attached hydrogen (secondary N) is 1. The summed E-state index contributed by atoms with van der Waals surface area (Å²) in [5.41, 5.74) is 0.977. The molecule has 0 radical (unpaired) electrons. The number of halogens is 4. The number of hydrogen-bond donors (Lipinski definition) is 1. The minimum atomic E-state index is -4.57. The molecule has 38 heavy (non-hydrogen) atoms. The Morgan fingerprint density at radius 3 is 2.55 bits per heavy atom. The van der Waals surface area contributed by atoms with Crippen LogP contribution in [0.4, 0.5) is 13.2 Å². The predicted octanol–water partition coefficient (Wildman–Crippen LogP) is 5.53. The Hall–Kier alpha value is -3.86. The molecule has 0 aliphatic heterocycles. The number of hydrogen-bond acceptors (Lipinski definition) is 7. The Morgan fingerprint density at radius 1 is 1.13 bits per heavy atom. The quantitative estimate of drug-likeness (QED) is 0.375. The monoisotopic (exact) mass is 548 g/mol. The third kappa shape index (κ3) is 6.91. The summed E-state index contributed by atoms with van der Waals surface area (Å²) >= 11 is 5.68. The number of H-pyrrole nitrogens is 1. The summed E-state index contributed by atoms with van der Waals surface area (Å²) in [6.45, 7) is 2.20. The highest BCUT2D eigenvalue weighted by atomic mass is 35.5. The van der Waals surface area contributed by atoms with Gasteiger partial charge in [-0.15, -0.1) is 0 Å². The van der Waals surface area contributed by atoms with Crippen molar-refractivity contribution in [2.45, 2.75) is 32.4 Å². The highest BCUT2D eigenvalue weighted by molar-refractivity contribution is 6.31. The third-order valence-corrected chi connectivity index (χ3v) is 6.12. The first-order chi connectivity index (χ1) is 18.1. The molecule has 2 heterocycles. The standard InChI is InChI=1S/C26H24ClF3N4O4/c1-15-9-16(3-6-22(15)38-19-4-5-21(27)20(11-19)26(28,29)30)7-8-37-25-33-14-18(23(35)34-25)10-17-12-31-24(36-2)32-13-17/h3-6,11-15H,7-10H2,1-2H3,(H,33,34,35). The van der Waals surface area contributed by atoms with E-state index in [9.17, 15) is 18.0 Å². The lowest BCUT2D eigenvalue weighted by Crippen LogP contribution is -2.17. The fourth-order valence-electron chi connectivity index (χ4n) is 3.81. The van der Waals surface area contributed by atoms with Gasteiger partial charge in [0.1, 0.15) is 11.5 Å². The zero-order valence-corrected chi connectivity index (χ0v) is 21.3. The van der Waals surface area contributed by atoms with E-state index in [4.69, 9.17) is 25.8 Å². The summed E-state index contributed by atoms with van der Waals surface area (Å²) in [7, 11) is 1.47. The van der Waals surface area contributed by atoms with Gasteiger partial charge in [-0.25, -0.2) is 15.0 Å². The number of aromatic nitrogens is 4. The van der Waals surface area contributed by atoms with Gasteiger partial charge in [0.2, 0.25) is 0 Å². The van der Waals surface area contributed by atoms with Gasteiger partial charge >= 0.3 is 12.2 Å². The number of ether oxygens (including phenoxy) is 3. The lowest BCUT2D eigenvalue weighted by molar-refractivity contribution is -0.137. The van der Waals surface area contributed by atoms with Gasteiger partial charge in [0, 0.05) is 42.9 Å². The molecule has 1 aliphatic rings. The summed E-state index contributed by atoms with van der Waals surface area (Å²) < 4.78 is 55.6. The minimum Gasteiger partial charge on any atom is -0.467 e. The summed E-state index contributed by atoms with van der Waals surface area (Å²) in [5.74, 6) is 0.561. The Bertz CT molecular complexity index is 1400. The van der Waals surface area contributed by atoms with Crippen molar-refractivity contribution in [2.75, 3.05) is 13.7 Å². The molecule has 2 aromatic heterocycles. The molecule has 0 spiro atoms. The fraction of sp³-hybridized carbons (Fsp3) is 0.308. The number of benzene rings is 1. The van der Waals surface area contributed by atoms with Crippen LogP contribution in [-0.2, 0) is 12.6 Å². The molecule has 0 saturated carbocycles. The van der Waals surface area contributed by atoms with Crippen molar-refractivity contribution < 1.29 is 27.4 Å². The molecule has 3 aromatic rings. The molecule has 0 fully saturated rings. The van der Waals surface area contributed by atoms with Gasteiger partial charge in [0.25, 0.3) is 11.6 Å². The van der Waals surface area contributed by atoms with Crippen LogP contribution < -0.4 is 19.8 Å². The van der Waals surface area contributed by atoms with E-state index in [-0.39, 0.29) is 40.9 Å². The zero-order valence-electron chi connectivity index (χ0n) is 20.5. The number of rotatable bonds is 9. The Labute approximate surface area is 221 Å². The number of aromatic amines is 1. The van der Waals surface area contributed by atoms with Crippen molar-refractivity contribution in [1.82, 2.24) is 19.9 Å². The highest BCUT2D eigenvalue weighted by Gasteiger charge is 2.33. The minimum absolute atomic E-state index is 0.0563. The summed E-state index contributed by atoms with van der Waals surface area (Å²) in [4.78, 5) is 27.2. The molecule has 1 aliphatic carbocycles. The van der Waals surface area contributed by atoms with Crippen LogP contribution in [-0.4, -0.2) is 33.7 Å². The molecule has 12 heteroatoms. The first kappa shape index (κ1) is 27.2. The van der Waals surface area contributed by atoms with E-state index in [1.54, 1.807) is 18.5 Å². The molecular formula is C26H24ClF3N4O4. The summed E-state index contributed by atoms with van der Waals surface area (Å²) in [6, 6.07) is 3.82. The van der Waals surface area contributed by atoms with Crippen molar-refractivity contribution in [3.8, 4) is 17.8 Å². The first-order valence-electron chi connectivity index (χ1n) is 11.6. The van der Waals surface area contributed by atoms with Crippen LogP contribution in [0.1, 0.15) is 36.5 Å². The van der Waals surface area contributed by atoms with Gasteiger partial charge in [0.15, 0.2) is 0 Å². The Balaban J connectivity index is 1.32. The van der Waals surface area contributed by atoms with Crippen molar-refractivity contribution in [3.05, 3.63) is 92.3 Å². The van der Waals surface area contributed by atoms with Gasteiger partial charge < -0.3 is 14.2 Å². The SMILES string of the molecule is COc1ncc(Cc2cnc(OCCC3=CC=C(Oc4ccc(Cl)c(C(F)(F)F)c4)C(C)C3)[nH]c2=O)cn1. The average Bonchev–Trinajstić information content (AvgIpc) is 2.88. The van der Waals surface area contributed by atoms with Gasteiger partial charge in [0.05, 0.1) is 24.3 Å². The molecular weight excluding hydrogens is 525 g/mol. The van der Waals surface area contributed by atoms with Crippen LogP contribution in [0.2, 0.25) is 5.02 Å². The van der Waals surface area contributed by atoms with E-state index in [2.05, 4.69) is 19.9 Å². The predicted molar refractivity (Wildman–Crippen MR) is 133 cm³/mol. The van der Waals surface area contributed by atoms with Crippen molar-refractivity contribution in [2.24, 2.45) is 5.92 Å². The van der Waals surface area contributed by atoms with E-state index < -0.39 is 11.7 Å². The second-order valence-electron chi connectivity index (χ2n) is 8.64. The summed E-state index contributed by atoms with van der Waals surface area (Å²) in [6.07, 6.45) is 5.15. The van der Waals surface area contributed by atoms with Crippen LogP contribution in [0.15, 0.2) is 65.1 Å². The van der Waals surface area contributed by atoms with Crippen molar-refractivity contribution in [1.29, 1.82) is 0 Å². The first-order valence-corrected chi connectivity index (χ1v) is 12.0. The number of methoxy groups -OCH3 is 1. The fourth-order valence-corrected chi connectivity index (χ4v) is 4.03. The molecule has 1 atom stereocenters. The molecule has 0 amide bonds. The Kier molecular flexibility index (Phi) is 8.35. The zero-order chi connectivity index (χ0) is 27.3. The smallest absolute Gasteiger partial charge is 0.417 e. The molecule has 0 saturated heterocycles. The molecule has 1 unspecified atom stereocenters. The van der Waals surface area contributed by atoms with Gasteiger partial charge in [-0.2, -0.15) is 13.2 Å². The highest BCUT2D eigenvalue weighted by Crippen LogP contribution is 2.38. The van der Waals surface area contributed by atoms with Crippen LogP contribution in [0, 0.1) is 5.92 Å². The van der Waals surface area contributed by atoms with E-state index in [0.717, 1.165) is 17.2 Å². The van der Waals surface area contributed by atoms with Crippen molar-refractivity contribution in [3.63, 3.8) is 0 Å². The maximum Gasteiger partial charge on any atom is 0.417 e. The second kappa shape index (κ2) is 11.7. The summed E-state index contributed by atoms with van der Waals surface area (Å²) in [5, 5.41) is -0.380. The topological polar surface area (TPSA) is 99.2 Å². The maximum atomic E-state index is 13.1. The second-order valence-corrected chi connectivity index (χ2v) is 9.04. The van der Waals surface area contributed by atoms with Crippen LogP contribution in [0.5, 0.6) is 17.8 Å². The lowest BCUT2D eigenvalue weighted by Gasteiger charge is -2.22. The molecule has 8 nitrogen and oxygen atoms in total. The molecule has 1 N–H and O–H groups in total. The van der Waals surface area contributed by atoms with Crippen LogP contribution in [0.3, 0.4) is 0 Å².